The van der Waals surface area contributed by atoms with E-state index in [1.54, 1.807) is 0 Å². The van der Waals surface area contributed by atoms with E-state index in [2.05, 4.69) is 16.0 Å². The average Bonchev–Trinajstić information content (AvgIpc) is 2.70. The van der Waals surface area contributed by atoms with Gasteiger partial charge in [-0.25, -0.2) is 9.59 Å². The van der Waals surface area contributed by atoms with Crippen molar-refractivity contribution in [2.75, 3.05) is 19.8 Å². The highest BCUT2D eigenvalue weighted by Crippen LogP contribution is 2.18. The highest BCUT2D eigenvalue weighted by molar-refractivity contribution is 5.83. The molecule has 1 saturated heterocycles. The van der Waals surface area contributed by atoms with Crippen LogP contribution < -0.4 is 16.0 Å². The van der Waals surface area contributed by atoms with E-state index in [0.29, 0.717) is 38.6 Å². The molecule has 0 aromatic heterocycles. The molecule has 0 bridgehead atoms. The number of aliphatic carboxylic acids is 1. The minimum atomic E-state index is -1.00. The molecular formula is C20H35N3O5. The van der Waals surface area contributed by atoms with Crippen molar-refractivity contribution in [3.05, 3.63) is 0 Å². The fourth-order valence-electron chi connectivity index (χ4n) is 3.93. The molecule has 1 saturated carbocycles. The maximum Gasteiger partial charge on any atom is 0.326 e. The van der Waals surface area contributed by atoms with Crippen molar-refractivity contribution in [1.29, 1.82) is 0 Å². The lowest BCUT2D eigenvalue weighted by Crippen LogP contribution is -2.48. The number of amides is 3. The van der Waals surface area contributed by atoms with E-state index in [1.165, 1.54) is 19.3 Å². The minimum absolute atomic E-state index is 0.108. The Kier molecular flexibility index (Phi) is 10.1. The number of carboxylic acids is 1. The van der Waals surface area contributed by atoms with Gasteiger partial charge < -0.3 is 25.8 Å². The summed E-state index contributed by atoms with van der Waals surface area (Å²) in [6, 6.07) is -0.684. The Morgan fingerprint density at radius 2 is 1.79 bits per heavy atom. The van der Waals surface area contributed by atoms with Crippen LogP contribution in [0, 0.1) is 5.92 Å². The van der Waals surface area contributed by atoms with E-state index in [0.717, 1.165) is 38.5 Å². The number of urea groups is 1. The third kappa shape index (κ3) is 8.46. The van der Waals surface area contributed by atoms with Gasteiger partial charge in [0.25, 0.3) is 0 Å². The van der Waals surface area contributed by atoms with Gasteiger partial charge in [0.1, 0.15) is 6.04 Å². The van der Waals surface area contributed by atoms with Gasteiger partial charge in [-0.3, -0.25) is 4.79 Å². The summed E-state index contributed by atoms with van der Waals surface area (Å²) in [6.07, 6.45) is 9.90. The van der Waals surface area contributed by atoms with Crippen LogP contribution in [-0.2, 0) is 14.3 Å². The van der Waals surface area contributed by atoms with Gasteiger partial charge in [-0.2, -0.15) is 0 Å². The lowest BCUT2D eigenvalue weighted by molar-refractivity contribution is -0.145. The van der Waals surface area contributed by atoms with Gasteiger partial charge in [0.15, 0.2) is 0 Å². The van der Waals surface area contributed by atoms with Gasteiger partial charge in [0.2, 0.25) is 5.91 Å². The maximum absolute atomic E-state index is 12.1. The van der Waals surface area contributed by atoms with Gasteiger partial charge in [-0.05, 0) is 38.5 Å². The molecule has 0 radical (unpaired) electrons. The molecule has 3 amide bonds. The first kappa shape index (κ1) is 22.5. The third-order valence-electron chi connectivity index (χ3n) is 5.56. The minimum Gasteiger partial charge on any atom is -0.480 e. The van der Waals surface area contributed by atoms with Crippen molar-refractivity contribution in [2.24, 2.45) is 5.92 Å². The van der Waals surface area contributed by atoms with Gasteiger partial charge in [0, 0.05) is 31.5 Å². The number of rotatable bonds is 10. The molecular weight excluding hydrogens is 362 g/mol. The molecule has 1 aliphatic heterocycles. The smallest absolute Gasteiger partial charge is 0.326 e. The molecule has 0 aromatic carbocycles. The monoisotopic (exact) mass is 397 g/mol. The number of ether oxygens (including phenoxy) is 1. The molecule has 1 heterocycles. The lowest BCUT2D eigenvalue weighted by atomic mass is 9.93. The summed E-state index contributed by atoms with van der Waals surface area (Å²) in [5, 5.41) is 17.9. The first-order chi connectivity index (χ1) is 13.6. The summed E-state index contributed by atoms with van der Waals surface area (Å²) in [5.74, 6) is -1.40. The molecule has 2 aliphatic rings. The van der Waals surface area contributed by atoms with Crippen LogP contribution in [0.2, 0.25) is 0 Å². The second-order valence-electron chi connectivity index (χ2n) is 7.91. The number of carbonyl (C=O) groups is 3. The number of nitrogens with one attached hydrogen (secondary N) is 3. The Hall–Kier alpha value is -1.83. The SMILES string of the molecule is O=C(CCCCCNC(=O)NC1CCCCC1)NC(C(=O)O)C1CCCOC1. The molecule has 4 N–H and O–H groups in total. The van der Waals surface area contributed by atoms with Crippen LogP contribution in [0.1, 0.15) is 70.6 Å². The Balaban J connectivity index is 1.52. The molecule has 0 spiro atoms. The molecule has 0 aromatic rings. The zero-order valence-electron chi connectivity index (χ0n) is 16.7. The zero-order chi connectivity index (χ0) is 20.2. The van der Waals surface area contributed by atoms with E-state index in [4.69, 9.17) is 4.74 Å². The molecule has 28 heavy (non-hydrogen) atoms. The first-order valence-corrected chi connectivity index (χ1v) is 10.7. The molecule has 2 unspecified atom stereocenters. The Morgan fingerprint density at radius 3 is 2.46 bits per heavy atom. The van der Waals surface area contributed by atoms with Gasteiger partial charge in [-0.1, -0.05) is 25.7 Å². The molecule has 160 valence electrons. The highest BCUT2D eigenvalue weighted by Gasteiger charge is 2.31. The van der Waals surface area contributed by atoms with Crippen molar-refractivity contribution in [3.63, 3.8) is 0 Å². The summed E-state index contributed by atoms with van der Waals surface area (Å²) < 4.78 is 5.33. The normalized spacial score (nSPS) is 21.5. The van der Waals surface area contributed by atoms with Crippen LogP contribution in [0.4, 0.5) is 4.79 Å². The summed E-state index contributed by atoms with van der Waals surface area (Å²) in [6.45, 7) is 1.62. The largest absolute Gasteiger partial charge is 0.480 e. The van der Waals surface area contributed by atoms with Crippen LogP contribution in [0.3, 0.4) is 0 Å². The Bertz CT molecular complexity index is 502. The molecule has 2 fully saturated rings. The molecule has 8 heteroatoms. The Labute approximate surface area is 167 Å². The zero-order valence-corrected chi connectivity index (χ0v) is 16.7. The van der Waals surface area contributed by atoms with Crippen LogP contribution >= 0.6 is 0 Å². The number of carbonyl (C=O) groups excluding carboxylic acids is 2. The third-order valence-corrected chi connectivity index (χ3v) is 5.56. The summed E-state index contributed by atoms with van der Waals surface area (Å²) >= 11 is 0. The van der Waals surface area contributed by atoms with E-state index in [9.17, 15) is 19.5 Å². The number of hydrogen-bond donors (Lipinski definition) is 4. The fourth-order valence-corrected chi connectivity index (χ4v) is 3.93. The quantitative estimate of drug-likeness (QED) is 0.422. The molecule has 2 atom stereocenters. The standard InChI is InChI=1S/C20H35N3O5/c24-17(23-18(19(25)26)15-8-7-13-28-14-15)11-5-2-6-12-21-20(27)22-16-9-3-1-4-10-16/h15-16,18H,1-14H2,(H,23,24)(H,25,26)(H2,21,22,27). The van der Waals surface area contributed by atoms with Crippen LogP contribution in [0.15, 0.2) is 0 Å². The van der Waals surface area contributed by atoms with Gasteiger partial charge in [-0.15, -0.1) is 0 Å². The van der Waals surface area contributed by atoms with E-state index in [-0.39, 0.29) is 17.9 Å². The van der Waals surface area contributed by atoms with E-state index >= 15 is 0 Å². The molecule has 1 aliphatic carbocycles. The second-order valence-corrected chi connectivity index (χ2v) is 7.91. The summed E-state index contributed by atoms with van der Waals surface area (Å²) in [7, 11) is 0. The van der Waals surface area contributed by atoms with Gasteiger partial charge in [0.05, 0.1) is 6.61 Å². The lowest BCUT2D eigenvalue weighted by Gasteiger charge is -2.28. The Morgan fingerprint density at radius 1 is 1.00 bits per heavy atom. The fraction of sp³-hybridized carbons (Fsp3) is 0.850. The average molecular weight is 398 g/mol. The maximum atomic E-state index is 12.1. The number of unbranched alkanes of at least 4 members (excludes halogenated alkanes) is 2. The summed E-state index contributed by atoms with van der Waals surface area (Å²) in [5.41, 5.74) is 0. The highest BCUT2D eigenvalue weighted by atomic mass is 16.5. The van der Waals surface area contributed by atoms with Crippen molar-refractivity contribution in [1.82, 2.24) is 16.0 Å². The topological polar surface area (TPSA) is 117 Å². The van der Waals surface area contributed by atoms with Crippen LogP contribution in [0.5, 0.6) is 0 Å². The predicted octanol–water partition coefficient (Wildman–Crippen LogP) is 2.17. The van der Waals surface area contributed by atoms with E-state index in [1.807, 2.05) is 0 Å². The van der Waals surface area contributed by atoms with E-state index < -0.39 is 12.0 Å². The molecule has 2 rings (SSSR count). The predicted molar refractivity (Wildman–Crippen MR) is 105 cm³/mol. The van der Waals surface area contributed by atoms with Crippen LogP contribution in [0.25, 0.3) is 0 Å². The summed E-state index contributed by atoms with van der Waals surface area (Å²) in [4.78, 5) is 35.3. The van der Waals surface area contributed by atoms with Crippen molar-refractivity contribution in [2.45, 2.75) is 82.7 Å². The van der Waals surface area contributed by atoms with Crippen molar-refractivity contribution >= 4 is 17.9 Å². The van der Waals surface area contributed by atoms with Gasteiger partial charge >= 0.3 is 12.0 Å². The first-order valence-electron chi connectivity index (χ1n) is 10.7. The van der Waals surface area contributed by atoms with Crippen LogP contribution in [-0.4, -0.2) is 54.9 Å². The molecule has 8 nitrogen and oxygen atoms in total. The second kappa shape index (κ2) is 12.6. The van der Waals surface area contributed by atoms with Crippen molar-refractivity contribution < 1.29 is 24.2 Å². The number of hydrogen-bond acceptors (Lipinski definition) is 4. The number of carboxylic acid groups (broad SMARTS) is 1. The van der Waals surface area contributed by atoms with Crippen molar-refractivity contribution in [3.8, 4) is 0 Å².